The summed E-state index contributed by atoms with van der Waals surface area (Å²) in [5.74, 6) is 0. The molecule has 1 saturated heterocycles. The summed E-state index contributed by atoms with van der Waals surface area (Å²) >= 11 is 6.44. The Kier molecular flexibility index (Phi) is 3.88. The first-order chi connectivity index (χ1) is 8.83. The van der Waals surface area contributed by atoms with Crippen LogP contribution in [0.3, 0.4) is 0 Å². The third kappa shape index (κ3) is 2.71. The molecule has 0 saturated carbocycles. The summed E-state index contributed by atoms with van der Waals surface area (Å²) in [5.41, 5.74) is 4.34. The molecule has 3 heteroatoms. The van der Waals surface area contributed by atoms with E-state index >= 15 is 0 Å². The molecule has 1 N–H and O–H groups in total. The molecule has 1 aliphatic heterocycles. The highest BCUT2D eigenvalue weighted by Gasteiger charge is 2.15. The fourth-order valence-corrected chi connectivity index (χ4v) is 3.28. The van der Waals surface area contributed by atoms with Gasteiger partial charge in [-0.15, -0.1) is 0 Å². The minimum absolute atomic E-state index is 0.967. The quantitative estimate of drug-likeness (QED) is 0.884. The summed E-state index contributed by atoms with van der Waals surface area (Å²) in [7, 11) is 0. The molecule has 0 unspecified atom stereocenters. The molecule has 0 atom stereocenters. The van der Waals surface area contributed by atoms with E-state index in [2.05, 4.69) is 22.3 Å². The molecule has 1 fully saturated rings. The van der Waals surface area contributed by atoms with E-state index in [-0.39, 0.29) is 0 Å². The molecule has 0 radical (unpaired) electrons. The zero-order chi connectivity index (χ0) is 12.4. The van der Waals surface area contributed by atoms with E-state index in [0.29, 0.717) is 0 Å². The number of hydrogen-bond donors (Lipinski definition) is 1. The molecule has 2 aliphatic rings. The third-order valence-electron chi connectivity index (χ3n) is 4.11. The van der Waals surface area contributed by atoms with Crippen LogP contribution < -0.4 is 5.32 Å². The maximum Gasteiger partial charge on any atom is 0.0453 e. The van der Waals surface area contributed by atoms with Crippen molar-refractivity contribution in [1.29, 1.82) is 0 Å². The van der Waals surface area contributed by atoms with Crippen LogP contribution in [-0.4, -0.2) is 31.1 Å². The zero-order valence-electron chi connectivity index (χ0n) is 10.8. The molecule has 0 aromatic heterocycles. The summed E-state index contributed by atoms with van der Waals surface area (Å²) in [4.78, 5) is 2.49. The van der Waals surface area contributed by atoms with Crippen molar-refractivity contribution in [2.45, 2.75) is 32.2 Å². The van der Waals surface area contributed by atoms with Gasteiger partial charge in [-0.25, -0.2) is 0 Å². The van der Waals surface area contributed by atoms with Gasteiger partial charge in [-0.2, -0.15) is 0 Å². The van der Waals surface area contributed by atoms with Crippen LogP contribution in [0.1, 0.15) is 29.5 Å². The maximum absolute atomic E-state index is 6.44. The Morgan fingerprint density at radius 2 is 1.72 bits per heavy atom. The number of benzene rings is 1. The summed E-state index contributed by atoms with van der Waals surface area (Å²) in [6.07, 6.45) is 5.10. The summed E-state index contributed by atoms with van der Waals surface area (Å²) in [5, 5.41) is 4.36. The van der Waals surface area contributed by atoms with Crippen LogP contribution in [0, 0.1) is 0 Å². The van der Waals surface area contributed by atoms with Gasteiger partial charge in [-0.1, -0.05) is 17.7 Å². The van der Waals surface area contributed by atoms with Crippen molar-refractivity contribution in [3.05, 3.63) is 33.8 Å². The lowest BCUT2D eigenvalue weighted by molar-refractivity contribution is 0.233. The highest BCUT2D eigenvalue weighted by molar-refractivity contribution is 6.31. The van der Waals surface area contributed by atoms with E-state index in [1.54, 1.807) is 0 Å². The molecule has 0 spiro atoms. The predicted octanol–water partition coefficient (Wildman–Crippen LogP) is 2.62. The maximum atomic E-state index is 6.44. The fourth-order valence-electron chi connectivity index (χ4n) is 3.04. The van der Waals surface area contributed by atoms with E-state index in [4.69, 9.17) is 11.6 Å². The summed E-state index contributed by atoms with van der Waals surface area (Å²) in [6.45, 7) is 5.47. The van der Waals surface area contributed by atoms with Crippen LogP contribution in [0.15, 0.2) is 12.1 Å². The van der Waals surface area contributed by atoms with Gasteiger partial charge >= 0.3 is 0 Å². The minimum Gasteiger partial charge on any atom is -0.314 e. The molecule has 1 aromatic rings. The number of fused-ring (bicyclic) bond motifs is 1. The average Bonchev–Trinajstić information content (AvgIpc) is 2.41. The van der Waals surface area contributed by atoms with Gasteiger partial charge in [0, 0.05) is 37.7 Å². The Morgan fingerprint density at radius 3 is 2.44 bits per heavy atom. The average molecular weight is 265 g/mol. The molecule has 1 aromatic carbocycles. The van der Waals surface area contributed by atoms with Crippen LogP contribution in [0.4, 0.5) is 0 Å². The minimum atomic E-state index is 0.967. The number of rotatable bonds is 2. The zero-order valence-corrected chi connectivity index (χ0v) is 11.6. The second kappa shape index (κ2) is 5.60. The smallest absolute Gasteiger partial charge is 0.0453 e. The van der Waals surface area contributed by atoms with Crippen molar-refractivity contribution in [2.75, 3.05) is 26.2 Å². The van der Waals surface area contributed by atoms with Gasteiger partial charge in [0.05, 0.1) is 0 Å². The molecule has 1 aliphatic carbocycles. The lowest BCUT2D eigenvalue weighted by Gasteiger charge is -2.28. The van der Waals surface area contributed by atoms with Crippen LogP contribution in [-0.2, 0) is 19.4 Å². The fraction of sp³-hybridized carbons (Fsp3) is 0.600. The Balaban J connectivity index is 1.78. The van der Waals surface area contributed by atoms with E-state index in [1.807, 2.05) is 0 Å². The lowest BCUT2D eigenvalue weighted by Crippen LogP contribution is -2.42. The first-order valence-electron chi connectivity index (χ1n) is 7.06. The van der Waals surface area contributed by atoms with Crippen LogP contribution in [0.2, 0.25) is 5.02 Å². The van der Waals surface area contributed by atoms with Crippen LogP contribution >= 0.6 is 11.6 Å². The molecular weight excluding hydrogens is 244 g/mol. The number of aryl methyl sites for hydroxylation is 2. The SMILES string of the molecule is Clc1cc2c(cc1CN1CCNCC1)CCCC2. The lowest BCUT2D eigenvalue weighted by atomic mass is 9.90. The first-order valence-corrected chi connectivity index (χ1v) is 7.44. The second-order valence-corrected chi connectivity index (χ2v) is 5.85. The summed E-state index contributed by atoms with van der Waals surface area (Å²) < 4.78 is 0. The van der Waals surface area contributed by atoms with Crippen molar-refractivity contribution in [3.63, 3.8) is 0 Å². The van der Waals surface area contributed by atoms with Crippen LogP contribution in [0.5, 0.6) is 0 Å². The molecule has 1 heterocycles. The topological polar surface area (TPSA) is 15.3 Å². The van der Waals surface area contributed by atoms with E-state index in [9.17, 15) is 0 Å². The van der Waals surface area contributed by atoms with Gasteiger partial charge in [0.1, 0.15) is 0 Å². The molecule has 0 bridgehead atoms. The Hall–Kier alpha value is -0.570. The second-order valence-electron chi connectivity index (χ2n) is 5.45. The van der Waals surface area contributed by atoms with Crippen molar-refractivity contribution in [3.8, 4) is 0 Å². The number of nitrogens with zero attached hydrogens (tertiary/aromatic N) is 1. The Labute approximate surface area is 114 Å². The van der Waals surface area contributed by atoms with Crippen LogP contribution in [0.25, 0.3) is 0 Å². The van der Waals surface area contributed by atoms with Crippen molar-refractivity contribution >= 4 is 11.6 Å². The molecule has 3 rings (SSSR count). The van der Waals surface area contributed by atoms with Crippen molar-refractivity contribution in [2.24, 2.45) is 0 Å². The van der Waals surface area contributed by atoms with E-state index < -0.39 is 0 Å². The first kappa shape index (κ1) is 12.5. The van der Waals surface area contributed by atoms with Gasteiger partial charge in [-0.3, -0.25) is 4.90 Å². The Morgan fingerprint density at radius 1 is 1.06 bits per heavy atom. The number of piperazine rings is 1. The molecular formula is C15H21ClN2. The monoisotopic (exact) mass is 264 g/mol. The van der Waals surface area contributed by atoms with E-state index in [0.717, 1.165) is 37.7 Å². The van der Waals surface area contributed by atoms with Gasteiger partial charge in [0.2, 0.25) is 0 Å². The molecule has 0 amide bonds. The largest absolute Gasteiger partial charge is 0.314 e. The van der Waals surface area contributed by atoms with Gasteiger partial charge < -0.3 is 5.32 Å². The highest BCUT2D eigenvalue weighted by atomic mass is 35.5. The molecule has 98 valence electrons. The number of nitrogens with one attached hydrogen (secondary N) is 1. The third-order valence-corrected chi connectivity index (χ3v) is 4.47. The summed E-state index contributed by atoms with van der Waals surface area (Å²) in [6, 6.07) is 4.58. The van der Waals surface area contributed by atoms with Gasteiger partial charge in [-0.05, 0) is 48.4 Å². The van der Waals surface area contributed by atoms with Crippen molar-refractivity contribution < 1.29 is 0 Å². The normalized spacial score (nSPS) is 20.7. The van der Waals surface area contributed by atoms with Crippen molar-refractivity contribution in [1.82, 2.24) is 10.2 Å². The molecule has 2 nitrogen and oxygen atoms in total. The number of hydrogen-bond acceptors (Lipinski definition) is 2. The molecule has 18 heavy (non-hydrogen) atoms. The van der Waals surface area contributed by atoms with Gasteiger partial charge in [0.15, 0.2) is 0 Å². The highest BCUT2D eigenvalue weighted by Crippen LogP contribution is 2.28. The number of halogens is 1. The standard InChI is InChI=1S/C15H21ClN2/c16-15-10-13-4-2-1-3-12(13)9-14(15)11-18-7-5-17-6-8-18/h9-10,17H,1-8,11H2. The predicted molar refractivity (Wildman–Crippen MR) is 76.2 cm³/mol. The van der Waals surface area contributed by atoms with E-state index in [1.165, 1.54) is 42.4 Å². The van der Waals surface area contributed by atoms with Gasteiger partial charge in [0.25, 0.3) is 0 Å². The Bertz CT molecular complexity index is 425.